The van der Waals surface area contributed by atoms with Crippen molar-refractivity contribution in [1.82, 2.24) is 4.98 Å². The van der Waals surface area contributed by atoms with E-state index in [2.05, 4.69) is 4.98 Å². The van der Waals surface area contributed by atoms with Crippen LogP contribution < -0.4 is 9.47 Å². The van der Waals surface area contributed by atoms with Gasteiger partial charge in [-0.25, -0.2) is 0 Å². The number of aryl methyl sites for hydroxylation is 2. The van der Waals surface area contributed by atoms with Crippen LogP contribution in [0.3, 0.4) is 0 Å². The smallest absolute Gasteiger partial charge is 0.130 e. The third-order valence-corrected chi connectivity index (χ3v) is 2.88. The highest BCUT2D eigenvalue weighted by atomic mass is 16.5. The molecule has 100 valence electrons. The molecule has 0 bridgehead atoms. The molecule has 0 aliphatic carbocycles. The molecular formula is C16H19NO2. The van der Waals surface area contributed by atoms with Crippen LogP contribution >= 0.6 is 0 Å². The highest BCUT2D eigenvalue weighted by Crippen LogP contribution is 2.38. The van der Waals surface area contributed by atoms with E-state index in [-0.39, 0.29) is 0 Å². The molecule has 0 unspecified atom stereocenters. The van der Waals surface area contributed by atoms with E-state index in [4.69, 9.17) is 9.47 Å². The Kier molecular flexibility index (Phi) is 4.05. The van der Waals surface area contributed by atoms with Gasteiger partial charge in [0.05, 0.1) is 19.3 Å². The summed E-state index contributed by atoms with van der Waals surface area (Å²) in [6, 6.07) is 9.95. The number of aromatic nitrogens is 1. The van der Waals surface area contributed by atoms with Gasteiger partial charge in [0.25, 0.3) is 0 Å². The quantitative estimate of drug-likeness (QED) is 0.835. The minimum atomic E-state index is 0.628. The Balaban J connectivity index is 2.64. The molecule has 0 amide bonds. The topological polar surface area (TPSA) is 31.4 Å². The maximum Gasteiger partial charge on any atom is 0.130 e. The highest BCUT2D eigenvalue weighted by molar-refractivity contribution is 5.77. The first-order chi connectivity index (χ1) is 9.15. The summed E-state index contributed by atoms with van der Waals surface area (Å²) in [7, 11) is 1.68. The molecule has 0 aliphatic rings. The summed E-state index contributed by atoms with van der Waals surface area (Å²) in [6.45, 7) is 6.59. The molecule has 0 N–H and O–H groups in total. The third-order valence-electron chi connectivity index (χ3n) is 2.88. The van der Waals surface area contributed by atoms with Crippen LogP contribution in [0.25, 0.3) is 11.1 Å². The van der Waals surface area contributed by atoms with Crippen LogP contribution in [-0.2, 0) is 0 Å². The second-order valence-corrected chi connectivity index (χ2v) is 4.41. The number of hydrogen-bond donors (Lipinski definition) is 0. The van der Waals surface area contributed by atoms with E-state index >= 15 is 0 Å². The lowest BCUT2D eigenvalue weighted by Gasteiger charge is -2.15. The van der Waals surface area contributed by atoms with Crippen molar-refractivity contribution in [1.29, 1.82) is 0 Å². The van der Waals surface area contributed by atoms with Crippen molar-refractivity contribution in [2.75, 3.05) is 13.7 Å². The Bertz CT molecular complexity index is 559. The molecule has 3 nitrogen and oxygen atoms in total. The van der Waals surface area contributed by atoms with Crippen molar-refractivity contribution in [2.24, 2.45) is 0 Å². The third kappa shape index (κ3) is 2.87. The number of pyridine rings is 1. The monoisotopic (exact) mass is 257 g/mol. The zero-order valence-corrected chi connectivity index (χ0v) is 11.9. The van der Waals surface area contributed by atoms with Gasteiger partial charge < -0.3 is 9.47 Å². The maximum atomic E-state index is 5.71. The molecule has 3 heteroatoms. The second kappa shape index (κ2) is 5.74. The van der Waals surface area contributed by atoms with Gasteiger partial charge in [-0.1, -0.05) is 6.07 Å². The summed E-state index contributed by atoms with van der Waals surface area (Å²) in [5.74, 6) is 1.66. The standard InChI is InChI=1S/C16H19NO2/c1-5-19-15-8-6-7-14(18-4)16(15)13-9-11(2)17-12(3)10-13/h6-10H,5H2,1-4H3. The van der Waals surface area contributed by atoms with Gasteiger partial charge in [0.1, 0.15) is 11.5 Å². The van der Waals surface area contributed by atoms with Crippen LogP contribution in [-0.4, -0.2) is 18.7 Å². The first-order valence-electron chi connectivity index (χ1n) is 6.41. The van der Waals surface area contributed by atoms with Gasteiger partial charge in [-0.05, 0) is 50.6 Å². The Labute approximate surface area is 114 Å². The molecule has 19 heavy (non-hydrogen) atoms. The van der Waals surface area contributed by atoms with Gasteiger partial charge >= 0.3 is 0 Å². The largest absolute Gasteiger partial charge is 0.496 e. The van der Waals surface area contributed by atoms with Crippen LogP contribution in [0.15, 0.2) is 30.3 Å². The first kappa shape index (κ1) is 13.4. The van der Waals surface area contributed by atoms with Crippen LogP contribution in [0, 0.1) is 13.8 Å². The predicted octanol–water partition coefficient (Wildman–Crippen LogP) is 3.77. The number of nitrogens with zero attached hydrogens (tertiary/aromatic N) is 1. The molecule has 0 saturated carbocycles. The summed E-state index contributed by atoms with van der Waals surface area (Å²) in [5, 5.41) is 0. The molecule has 0 fully saturated rings. The SMILES string of the molecule is CCOc1cccc(OC)c1-c1cc(C)nc(C)c1. The van der Waals surface area contributed by atoms with Crippen LogP contribution in [0.5, 0.6) is 11.5 Å². The van der Waals surface area contributed by atoms with E-state index in [1.54, 1.807) is 7.11 Å². The number of methoxy groups -OCH3 is 1. The lowest BCUT2D eigenvalue weighted by molar-refractivity contribution is 0.338. The number of rotatable bonds is 4. The molecule has 1 aromatic heterocycles. The Hall–Kier alpha value is -2.03. The second-order valence-electron chi connectivity index (χ2n) is 4.41. The molecule has 0 radical (unpaired) electrons. The van der Waals surface area contributed by atoms with Crippen molar-refractivity contribution in [3.05, 3.63) is 41.7 Å². The zero-order valence-electron chi connectivity index (χ0n) is 11.9. The molecule has 0 atom stereocenters. The molecule has 0 saturated heterocycles. The van der Waals surface area contributed by atoms with E-state index in [1.807, 2.05) is 51.1 Å². The molecule has 0 spiro atoms. The molecule has 2 aromatic rings. The number of hydrogen-bond acceptors (Lipinski definition) is 3. The van der Waals surface area contributed by atoms with Crippen molar-refractivity contribution in [3.8, 4) is 22.6 Å². The summed E-state index contributed by atoms with van der Waals surface area (Å²) >= 11 is 0. The predicted molar refractivity (Wildman–Crippen MR) is 76.9 cm³/mol. The van der Waals surface area contributed by atoms with Gasteiger partial charge in [-0.15, -0.1) is 0 Å². The van der Waals surface area contributed by atoms with Crippen molar-refractivity contribution >= 4 is 0 Å². The fourth-order valence-corrected chi connectivity index (χ4v) is 2.22. The van der Waals surface area contributed by atoms with Gasteiger partial charge in [0.2, 0.25) is 0 Å². The molecule has 1 heterocycles. The Morgan fingerprint density at radius 2 is 1.68 bits per heavy atom. The maximum absolute atomic E-state index is 5.71. The van der Waals surface area contributed by atoms with Gasteiger partial charge in [-0.3, -0.25) is 4.98 Å². The van der Waals surface area contributed by atoms with E-state index < -0.39 is 0 Å². The van der Waals surface area contributed by atoms with Crippen molar-refractivity contribution < 1.29 is 9.47 Å². The summed E-state index contributed by atoms with van der Waals surface area (Å²) < 4.78 is 11.2. The first-order valence-corrected chi connectivity index (χ1v) is 6.41. The van der Waals surface area contributed by atoms with E-state index in [1.165, 1.54) is 0 Å². The summed E-state index contributed by atoms with van der Waals surface area (Å²) in [5.41, 5.74) is 4.04. The van der Waals surface area contributed by atoms with Gasteiger partial charge in [0.15, 0.2) is 0 Å². The van der Waals surface area contributed by atoms with E-state index in [0.717, 1.165) is 34.0 Å². The number of ether oxygens (including phenoxy) is 2. The summed E-state index contributed by atoms with van der Waals surface area (Å²) in [6.07, 6.45) is 0. The molecular weight excluding hydrogens is 238 g/mol. The van der Waals surface area contributed by atoms with Crippen molar-refractivity contribution in [3.63, 3.8) is 0 Å². The van der Waals surface area contributed by atoms with Crippen LogP contribution in [0.1, 0.15) is 18.3 Å². The fraction of sp³-hybridized carbons (Fsp3) is 0.312. The molecule has 1 aromatic carbocycles. The number of benzene rings is 1. The Morgan fingerprint density at radius 3 is 2.26 bits per heavy atom. The van der Waals surface area contributed by atoms with E-state index in [9.17, 15) is 0 Å². The summed E-state index contributed by atoms with van der Waals surface area (Å²) in [4.78, 5) is 4.41. The molecule has 2 rings (SSSR count). The lowest BCUT2D eigenvalue weighted by Crippen LogP contribution is -1.98. The highest BCUT2D eigenvalue weighted by Gasteiger charge is 2.13. The van der Waals surface area contributed by atoms with Crippen molar-refractivity contribution in [2.45, 2.75) is 20.8 Å². The Morgan fingerprint density at radius 1 is 1.05 bits per heavy atom. The minimum Gasteiger partial charge on any atom is -0.496 e. The lowest BCUT2D eigenvalue weighted by atomic mass is 10.0. The average molecular weight is 257 g/mol. The van der Waals surface area contributed by atoms with E-state index in [0.29, 0.717) is 6.61 Å². The zero-order chi connectivity index (χ0) is 13.8. The van der Waals surface area contributed by atoms with Crippen LogP contribution in [0.2, 0.25) is 0 Å². The van der Waals surface area contributed by atoms with Gasteiger partial charge in [-0.2, -0.15) is 0 Å². The van der Waals surface area contributed by atoms with Gasteiger partial charge in [0, 0.05) is 11.4 Å². The molecule has 0 aliphatic heterocycles. The fourth-order valence-electron chi connectivity index (χ4n) is 2.22. The average Bonchev–Trinajstić information content (AvgIpc) is 2.37. The normalized spacial score (nSPS) is 10.3. The van der Waals surface area contributed by atoms with Crippen LogP contribution in [0.4, 0.5) is 0 Å². The minimum absolute atomic E-state index is 0.628.